The number of nitrogens with one attached hydrogen (secondary N) is 1. The molecule has 2 aromatic heterocycles. The largest absolute Gasteiger partial charge is 0.422 e. The van der Waals surface area contributed by atoms with Crippen LogP contribution in [-0.2, 0) is 17.4 Å². The van der Waals surface area contributed by atoms with E-state index in [0.29, 0.717) is 30.5 Å². The van der Waals surface area contributed by atoms with Crippen molar-refractivity contribution in [1.29, 1.82) is 5.26 Å². The molecule has 2 heterocycles. The molecule has 0 spiro atoms. The van der Waals surface area contributed by atoms with Gasteiger partial charge in [0.1, 0.15) is 17.9 Å². The fraction of sp³-hybridized carbons (Fsp3) is 0.656. The number of pyridine rings is 1. The molecule has 0 saturated heterocycles. The average molecular weight is 596 g/mol. The number of hydrogen-bond donors (Lipinski definition) is 1. The van der Waals surface area contributed by atoms with Gasteiger partial charge in [-0.05, 0) is 76.9 Å². The van der Waals surface area contributed by atoms with Crippen molar-refractivity contribution in [2.45, 2.75) is 118 Å². The number of hydrogen-bond acceptors (Lipinski definition) is 6. The maximum absolute atomic E-state index is 12.8. The van der Waals surface area contributed by atoms with Gasteiger partial charge in [0, 0.05) is 24.2 Å². The predicted molar refractivity (Wildman–Crippen MR) is 165 cm³/mol. The third-order valence-corrected chi connectivity index (χ3v) is 6.12. The highest BCUT2D eigenvalue weighted by atomic mass is 19.4. The van der Waals surface area contributed by atoms with E-state index in [-0.39, 0.29) is 11.5 Å². The Kier molecular flexibility index (Phi) is 24.0. The van der Waals surface area contributed by atoms with Gasteiger partial charge in [-0.25, -0.2) is 5.10 Å². The van der Waals surface area contributed by atoms with Crippen molar-refractivity contribution in [2.75, 3.05) is 20.1 Å². The van der Waals surface area contributed by atoms with E-state index in [0.717, 1.165) is 24.8 Å². The SMILES string of the molecule is CC.CCC=O.CCCC1CCc2c1n[nH]c(=O)c2C(F)(F)F.CCCCCN(C)CCC.Cc1ccc(C#N)cn1. The molecule has 3 rings (SSSR count). The monoisotopic (exact) mass is 595 g/mol. The molecule has 0 fully saturated rings. The first-order chi connectivity index (χ1) is 20.0. The molecule has 1 N–H and O–H groups in total. The van der Waals surface area contributed by atoms with Gasteiger partial charge in [0.25, 0.3) is 5.56 Å². The number of alkyl halides is 3. The van der Waals surface area contributed by atoms with Crippen molar-refractivity contribution in [3.63, 3.8) is 0 Å². The van der Waals surface area contributed by atoms with Crippen molar-refractivity contribution < 1.29 is 18.0 Å². The van der Waals surface area contributed by atoms with Crippen LogP contribution < -0.4 is 5.56 Å². The molecular weight excluding hydrogens is 543 g/mol. The number of aromatic nitrogens is 3. The van der Waals surface area contributed by atoms with Gasteiger partial charge in [-0.15, -0.1) is 0 Å². The highest BCUT2D eigenvalue weighted by molar-refractivity contribution is 5.48. The van der Waals surface area contributed by atoms with E-state index in [9.17, 15) is 22.8 Å². The van der Waals surface area contributed by atoms with Gasteiger partial charge < -0.3 is 9.69 Å². The smallest absolute Gasteiger partial charge is 0.306 e. The number of nitriles is 1. The van der Waals surface area contributed by atoms with Crippen molar-refractivity contribution in [2.24, 2.45) is 0 Å². The highest BCUT2D eigenvalue weighted by Crippen LogP contribution is 2.39. The Labute approximate surface area is 250 Å². The second-order valence-electron chi connectivity index (χ2n) is 9.70. The first kappa shape index (κ1) is 41.1. The standard InChI is InChI=1S/C11H13F3N2O.C9H21N.C7H6N2.C3H6O.C2H6/c1-2-3-6-4-5-7-8(11(12,13)14)10(17)16-15-9(6)7;1-4-6-7-9-10(3)8-5-2;1-6-2-3-7(4-8)5-9-6;1-2-3-4;1-2/h6H,2-5H2,1H3,(H,16,17);4-9H2,1-3H3;2-3,5H,1H3;3H,2H2,1H3;1-2H3. The lowest BCUT2D eigenvalue weighted by Gasteiger charge is -2.14. The molecule has 0 amide bonds. The Hall–Kier alpha value is -3.06. The summed E-state index contributed by atoms with van der Waals surface area (Å²) in [6, 6.07) is 5.56. The van der Waals surface area contributed by atoms with E-state index in [1.165, 1.54) is 38.8 Å². The summed E-state index contributed by atoms with van der Waals surface area (Å²) in [5.41, 5.74) is -0.109. The molecule has 1 aliphatic rings. The zero-order valence-electron chi connectivity index (χ0n) is 26.9. The Balaban J connectivity index is 0. The zero-order valence-corrected chi connectivity index (χ0v) is 26.9. The molecule has 10 heteroatoms. The molecule has 1 aliphatic carbocycles. The minimum atomic E-state index is -4.60. The fourth-order valence-electron chi connectivity index (χ4n) is 4.13. The Bertz CT molecular complexity index is 1060. The normalized spacial score (nSPS) is 13.0. The van der Waals surface area contributed by atoms with E-state index in [4.69, 9.17) is 5.26 Å². The number of aromatic amines is 1. The number of unbranched alkanes of at least 4 members (excludes halogenated alkanes) is 2. The molecular formula is C32H52F3N5O2. The summed E-state index contributed by atoms with van der Waals surface area (Å²) in [4.78, 5) is 26.8. The number of halogens is 3. The first-order valence-corrected chi connectivity index (χ1v) is 15.1. The molecule has 0 saturated carbocycles. The minimum absolute atomic E-state index is 0.0490. The van der Waals surface area contributed by atoms with Gasteiger partial charge in [-0.3, -0.25) is 9.78 Å². The average Bonchev–Trinajstić information content (AvgIpc) is 3.37. The van der Waals surface area contributed by atoms with Gasteiger partial charge in [0.05, 0.1) is 11.3 Å². The van der Waals surface area contributed by atoms with Crippen molar-refractivity contribution >= 4 is 6.29 Å². The first-order valence-electron chi connectivity index (χ1n) is 15.1. The van der Waals surface area contributed by atoms with E-state index in [1.807, 2.05) is 51.9 Å². The summed E-state index contributed by atoms with van der Waals surface area (Å²) < 4.78 is 38.3. The van der Waals surface area contributed by atoms with E-state index in [1.54, 1.807) is 12.3 Å². The second-order valence-corrected chi connectivity index (χ2v) is 9.70. The van der Waals surface area contributed by atoms with E-state index < -0.39 is 17.3 Å². The van der Waals surface area contributed by atoms with Crippen LogP contribution >= 0.6 is 0 Å². The maximum atomic E-state index is 12.8. The molecule has 0 aliphatic heterocycles. The lowest BCUT2D eigenvalue weighted by Crippen LogP contribution is -2.25. The summed E-state index contributed by atoms with van der Waals surface area (Å²) >= 11 is 0. The van der Waals surface area contributed by atoms with Crippen molar-refractivity contribution in [3.05, 3.63) is 56.8 Å². The number of rotatable bonds is 9. The van der Waals surface area contributed by atoms with Gasteiger partial charge >= 0.3 is 6.18 Å². The number of nitrogens with zero attached hydrogens (tertiary/aromatic N) is 4. The number of carbonyl (C=O) groups is 1. The van der Waals surface area contributed by atoms with Crippen LogP contribution in [0, 0.1) is 18.3 Å². The number of carbonyl (C=O) groups excluding carboxylic acids is 1. The van der Waals surface area contributed by atoms with Gasteiger partial charge in [-0.1, -0.05) is 60.8 Å². The van der Waals surface area contributed by atoms with Gasteiger partial charge in [0.15, 0.2) is 0 Å². The second kappa shape index (κ2) is 24.5. The maximum Gasteiger partial charge on any atom is 0.422 e. The fourth-order valence-corrected chi connectivity index (χ4v) is 4.13. The number of fused-ring (bicyclic) bond motifs is 1. The molecule has 1 atom stereocenters. The molecule has 42 heavy (non-hydrogen) atoms. The van der Waals surface area contributed by atoms with Crippen LogP contribution in [0.5, 0.6) is 0 Å². The molecule has 2 aromatic rings. The van der Waals surface area contributed by atoms with E-state index in [2.05, 4.69) is 35.9 Å². The number of H-pyrrole nitrogens is 1. The predicted octanol–water partition coefficient (Wildman–Crippen LogP) is 8.02. The molecule has 238 valence electrons. The van der Waals surface area contributed by atoms with Crippen LogP contribution in [0.1, 0.15) is 127 Å². The molecule has 1 unspecified atom stereocenters. The van der Waals surface area contributed by atoms with Crippen LogP contribution in [0.4, 0.5) is 13.2 Å². The topological polar surface area (TPSA) is 103 Å². The van der Waals surface area contributed by atoms with Crippen LogP contribution in [0.15, 0.2) is 23.1 Å². The van der Waals surface area contributed by atoms with Crippen molar-refractivity contribution in [1.82, 2.24) is 20.1 Å². The third-order valence-electron chi connectivity index (χ3n) is 6.12. The summed E-state index contributed by atoms with van der Waals surface area (Å²) in [7, 11) is 2.21. The Morgan fingerprint density at radius 3 is 2.19 bits per heavy atom. The lowest BCUT2D eigenvalue weighted by molar-refractivity contribution is -0.139. The third kappa shape index (κ3) is 17.0. The summed E-state index contributed by atoms with van der Waals surface area (Å²) in [5, 5.41) is 14.1. The quantitative estimate of drug-likeness (QED) is 0.233. The lowest BCUT2D eigenvalue weighted by atomic mass is 10.0. The number of aldehydes is 1. The zero-order chi connectivity index (χ0) is 32.6. The minimum Gasteiger partial charge on any atom is -0.306 e. The summed E-state index contributed by atoms with van der Waals surface area (Å²) in [6.07, 6.45) is 6.50. The Morgan fingerprint density at radius 1 is 1.10 bits per heavy atom. The Morgan fingerprint density at radius 2 is 1.74 bits per heavy atom. The summed E-state index contributed by atoms with van der Waals surface area (Å²) in [6.45, 7) is 16.7. The molecule has 0 bridgehead atoms. The van der Waals surface area contributed by atoms with Gasteiger partial charge in [0.2, 0.25) is 0 Å². The molecule has 7 nitrogen and oxygen atoms in total. The van der Waals surface area contributed by atoms with Crippen molar-refractivity contribution in [3.8, 4) is 6.07 Å². The number of aryl methyl sites for hydroxylation is 1. The molecule has 0 aromatic carbocycles. The van der Waals surface area contributed by atoms with Gasteiger partial charge in [-0.2, -0.15) is 23.5 Å². The van der Waals surface area contributed by atoms with Crippen LogP contribution in [0.2, 0.25) is 0 Å². The molecule has 0 radical (unpaired) electrons. The summed E-state index contributed by atoms with van der Waals surface area (Å²) in [5.74, 6) is 0.0490. The highest BCUT2D eigenvalue weighted by Gasteiger charge is 2.40. The van der Waals surface area contributed by atoms with Crippen LogP contribution in [0.3, 0.4) is 0 Å². The van der Waals surface area contributed by atoms with Crippen LogP contribution in [-0.4, -0.2) is 46.5 Å². The van der Waals surface area contributed by atoms with E-state index >= 15 is 0 Å². The van der Waals surface area contributed by atoms with Crippen LogP contribution in [0.25, 0.3) is 0 Å².